The molecule has 0 fully saturated rings. The molecule has 0 atom stereocenters. The molecule has 0 unspecified atom stereocenters. The fourth-order valence-corrected chi connectivity index (χ4v) is 0.793. The lowest BCUT2D eigenvalue weighted by Gasteiger charge is -1.85. The number of hydrogen-bond acceptors (Lipinski definition) is 3. The molecule has 0 saturated carbocycles. The van der Waals surface area contributed by atoms with E-state index in [0.717, 1.165) is 12.2 Å². The van der Waals surface area contributed by atoms with Crippen LogP contribution in [0.15, 0.2) is 40.0 Å². The molecular weight excluding hydrogens is 154 g/mol. The summed E-state index contributed by atoms with van der Waals surface area (Å²) < 4.78 is 5.08. The molecule has 0 radical (unpaired) electrons. The molecule has 12 heavy (non-hydrogen) atoms. The zero-order valence-corrected chi connectivity index (χ0v) is 6.56. The predicted octanol–water partition coefficient (Wildman–Crippen LogP) is 1.71. The summed E-state index contributed by atoms with van der Waals surface area (Å²) in [7, 11) is 0. The largest absolute Gasteiger partial charge is 0.469 e. The minimum atomic E-state index is 0.393. The van der Waals surface area contributed by atoms with Gasteiger partial charge in [-0.2, -0.15) is 0 Å². The predicted molar refractivity (Wildman–Crippen MR) is 44.5 cm³/mol. The first-order valence-corrected chi connectivity index (χ1v) is 3.64. The smallest absolute Gasteiger partial charge is 0.235 e. The van der Waals surface area contributed by atoms with Crippen LogP contribution in [0.3, 0.4) is 0 Å². The van der Waals surface area contributed by atoms with Gasteiger partial charge in [0.05, 0.1) is 12.8 Å². The first-order chi connectivity index (χ1) is 5.93. The van der Waals surface area contributed by atoms with E-state index in [2.05, 4.69) is 4.99 Å². The molecule has 0 amide bonds. The number of aliphatic imine (C=N–C) groups is 1. The first-order valence-electron chi connectivity index (χ1n) is 3.64. The van der Waals surface area contributed by atoms with E-state index in [4.69, 9.17) is 4.42 Å². The maximum Gasteiger partial charge on any atom is 0.235 e. The second kappa shape index (κ2) is 5.10. The number of allylic oxidation sites excluding steroid dienone is 1. The molecule has 1 aromatic heterocycles. The van der Waals surface area contributed by atoms with Gasteiger partial charge in [-0.15, -0.1) is 0 Å². The van der Waals surface area contributed by atoms with Crippen molar-refractivity contribution in [2.75, 3.05) is 6.54 Å². The van der Waals surface area contributed by atoms with Gasteiger partial charge in [0.1, 0.15) is 5.76 Å². The van der Waals surface area contributed by atoms with Crippen LogP contribution in [0.25, 0.3) is 0 Å². The van der Waals surface area contributed by atoms with Crippen LogP contribution < -0.4 is 0 Å². The lowest BCUT2D eigenvalue weighted by molar-refractivity contribution is 0.523. The zero-order chi connectivity index (χ0) is 8.65. The molecule has 0 aliphatic rings. The summed E-state index contributed by atoms with van der Waals surface area (Å²) in [5.41, 5.74) is 0. The molecule has 3 nitrogen and oxygen atoms in total. The van der Waals surface area contributed by atoms with Crippen molar-refractivity contribution in [1.29, 1.82) is 0 Å². The van der Waals surface area contributed by atoms with Gasteiger partial charge in [-0.25, -0.2) is 9.79 Å². The molecular formula is C9H9NO2. The quantitative estimate of drug-likeness (QED) is 0.385. The van der Waals surface area contributed by atoms with Crippen molar-refractivity contribution in [2.45, 2.75) is 6.42 Å². The Bertz CT molecular complexity index is 281. The van der Waals surface area contributed by atoms with Crippen LogP contribution in [0.5, 0.6) is 0 Å². The highest BCUT2D eigenvalue weighted by atomic mass is 16.3. The molecule has 0 aliphatic heterocycles. The molecule has 1 aromatic rings. The van der Waals surface area contributed by atoms with Crippen molar-refractivity contribution < 1.29 is 9.21 Å². The molecule has 1 rings (SSSR count). The second-order valence-corrected chi connectivity index (χ2v) is 2.19. The second-order valence-electron chi connectivity index (χ2n) is 2.19. The monoisotopic (exact) mass is 163 g/mol. The van der Waals surface area contributed by atoms with Gasteiger partial charge in [-0.3, -0.25) is 0 Å². The van der Waals surface area contributed by atoms with Crippen LogP contribution >= 0.6 is 0 Å². The Morgan fingerprint density at radius 2 is 2.50 bits per heavy atom. The fourth-order valence-electron chi connectivity index (χ4n) is 0.793. The molecule has 0 saturated heterocycles. The Balaban J connectivity index is 2.26. The molecule has 62 valence electrons. The van der Waals surface area contributed by atoms with E-state index in [9.17, 15) is 4.79 Å². The minimum absolute atomic E-state index is 0.393. The normalized spacial score (nSPS) is 10.0. The molecule has 3 heteroatoms. The molecule has 0 spiro atoms. The van der Waals surface area contributed by atoms with Crippen LogP contribution in [0.2, 0.25) is 0 Å². The average molecular weight is 163 g/mol. The number of isocyanates is 1. The van der Waals surface area contributed by atoms with Crippen molar-refractivity contribution in [3.63, 3.8) is 0 Å². The van der Waals surface area contributed by atoms with Crippen molar-refractivity contribution in [3.05, 3.63) is 36.3 Å². The SMILES string of the molecule is O=C=NC/C=C\Cc1ccco1. The number of nitrogens with zero attached hydrogens (tertiary/aromatic N) is 1. The average Bonchev–Trinajstić information content (AvgIpc) is 2.57. The van der Waals surface area contributed by atoms with Crippen LogP contribution in [-0.4, -0.2) is 12.6 Å². The number of rotatable bonds is 4. The van der Waals surface area contributed by atoms with Crippen molar-refractivity contribution >= 4 is 6.08 Å². The summed E-state index contributed by atoms with van der Waals surface area (Å²) in [6.07, 6.45) is 7.53. The van der Waals surface area contributed by atoms with Crippen molar-refractivity contribution in [3.8, 4) is 0 Å². The number of hydrogen-bond donors (Lipinski definition) is 0. The van der Waals surface area contributed by atoms with Gasteiger partial charge in [0.15, 0.2) is 0 Å². The topological polar surface area (TPSA) is 42.6 Å². The maximum absolute atomic E-state index is 9.65. The zero-order valence-electron chi connectivity index (χ0n) is 6.56. The Morgan fingerprint density at radius 1 is 1.58 bits per heavy atom. The van der Waals surface area contributed by atoms with Gasteiger partial charge in [0.2, 0.25) is 6.08 Å². The summed E-state index contributed by atoms with van der Waals surface area (Å²) in [6.45, 7) is 0.393. The van der Waals surface area contributed by atoms with E-state index < -0.39 is 0 Å². The lowest BCUT2D eigenvalue weighted by atomic mass is 10.3. The van der Waals surface area contributed by atoms with Gasteiger partial charge in [0, 0.05) is 6.42 Å². The van der Waals surface area contributed by atoms with E-state index in [1.54, 1.807) is 12.3 Å². The highest BCUT2D eigenvalue weighted by molar-refractivity contribution is 5.33. The molecule has 0 aliphatic carbocycles. The Hall–Kier alpha value is -1.60. The van der Waals surface area contributed by atoms with Crippen LogP contribution in [0.1, 0.15) is 5.76 Å². The van der Waals surface area contributed by atoms with Crippen LogP contribution in [0.4, 0.5) is 0 Å². The molecule has 0 bridgehead atoms. The number of furan rings is 1. The van der Waals surface area contributed by atoms with Crippen molar-refractivity contribution in [2.24, 2.45) is 4.99 Å². The van der Waals surface area contributed by atoms with Crippen LogP contribution in [0, 0.1) is 0 Å². The third-order valence-corrected chi connectivity index (χ3v) is 1.33. The van der Waals surface area contributed by atoms with E-state index in [0.29, 0.717) is 6.54 Å². The van der Waals surface area contributed by atoms with E-state index in [1.165, 1.54) is 6.08 Å². The summed E-state index contributed by atoms with van der Waals surface area (Å²) in [5.74, 6) is 0.904. The van der Waals surface area contributed by atoms with Gasteiger partial charge in [-0.05, 0) is 12.1 Å². The van der Waals surface area contributed by atoms with E-state index in [1.807, 2.05) is 18.2 Å². The molecule has 0 aromatic carbocycles. The Kier molecular flexibility index (Phi) is 3.61. The Morgan fingerprint density at radius 3 is 3.17 bits per heavy atom. The van der Waals surface area contributed by atoms with Gasteiger partial charge < -0.3 is 4.42 Å². The van der Waals surface area contributed by atoms with E-state index >= 15 is 0 Å². The van der Waals surface area contributed by atoms with Gasteiger partial charge in [-0.1, -0.05) is 12.2 Å². The van der Waals surface area contributed by atoms with Crippen LogP contribution in [-0.2, 0) is 11.2 Å². The lowest BCUT2D eigenvalue weighted by Crippen LogP contribution is -1.75. The highest BCUT2D eigenvalue weighted by Crippen LogP contribution is 2.00. The third kappa shape index (κ3) is 2.99. The van der Waals surface area contributed by atoms with E-state index in [-0.39, 0.29) is 0 Å². The summed E-state index contributed by atoms with van der Waals surface area (Å²) in [4.78, 5) is 13.0. The highest BCUT2D eigenvalue weighted by Gasteiger charge is 1.88. The fraction of sp³-hybridized carbons (Fsp3) is 0.222. The molecule has 0 N–H and O–H groups in total. The molecule has 1 heterocycles. The maximum atomic E-state index is 9.65. The number of carbonyl (C=O) groups excluding carboxylic acids is 1. The standard InChI is InChI=1S/C9H9NO2/c11-8-10-6-2-1-4-9-5-3-7-12-9/h1-3,5,7H,4,6H2/b2-1-. The Labute approximate surface area is 70.4 Å². The summed E-state index contributed by atoms with van der Waals surface area (Å²) >= 11 is 0. The van der Waals surface area contributed by atoms with Gasteiger partial charge >= 0.3 is 0 Å². The minimum Gasteiger partial charge on any atom is -0.469 e. The summed E-state index contributed by atoms with van der Waals surface area (Å²) in [5, 5.41) is 0. The van der Waals surface area contributed by atoms with Gasteiger partial charge in [0.25, 0.3) is 0 Å². The van der Waals surface area contributed by atoms with Crippen molar-refractivity contribution in [1.82, 2.24) is 0 Å². The third-order valence-electron chi connectivity index (χ3n) is 1.33. The summed E-state index contributed by atoms with van der Waals surface area (Å²) in [6, 6.07) is 3.74. The first kappa shape index (κ1) is 8.50.